The fourth-order valence-corrected chi connectivity index (χ4v) is 4.42. The molecule has 1 fully saturated rings. The zero-order valence-electron chi connectivity index (χ0n) is 15.3. The van der Waals surface area contributed by atoms with Gasteiger partial charge in [-0.15, -0.1) is 11.3 Å². The summed E-state index contributed by atoms with van der Waals surface area (Å²) in [6, 6.07) is 12.1. The van der Waals surface area contributed by atoms with E-state index in [0.29, 0.717) is 38.2 Å². The fourth-order valence-electron chi connectivity index (χ4n) is 3.63. The van der Waals surface area contributed by atoms with E-state index in [1.54, 1.807) is 11.3 Å². The second kappa shape index (κ2) is 7.56. The number of nitrogens with one attached hydrogen (secondary N) is 2. The van der Waals surface area contributed by atoms with Crippen LogP contribution in [0.5, 0.6) is 0 Å². The molecular formula is C21H23N3O2S. The van der Waals surface area contributed by atoms with Gasteiger partial charge in [0.05, 0.1) is 0 Å². The van der Waals surface area contributed by atoms with Crippen molar-refractivity contribution in [3.8, 4) is 0 Å². The second-order valence-corrected chi connectivity index (χ2v) is 8.08. The van der Waals surface area contributed by atoms with Gasteiger partial charge >= 0.3 is 0 Å². The van der Waals surface area contributed by atoms with E-state index in [9.17, 15) is 9.59 Å². The molecule has 1 saturated heterocycles. The first-order valence-electron chi connectivity index (χ1n) is 9.29. The van der Waals surface area contributed by atoms with Crippen molar-refractivity contribution in [3.63, 3.8) is 0 Å². The van der Waals surface area contributed by atoms with Gasteiger partial charge in [-0.3, -0.25) is 9.59 Å². The summed E-state index contributed by atoms with van der Waals surface area (Å²) >= 11 is 1.60. The van der Waals surface area contributed by atoms with Gasteiger partial charge in [0.25, 0.3) is 5.91 Å². The average molecular weight is 382 g/mol. The first-order chi connectivity index (χ1) is 13.1. The van der Waals surface area contributed by atoms with Crippen LogP contribution in [0.1, 0.15) is 34.5 Å². The highest BCUT2D eigenvalue weighted by molar-refractivity contribution is 7.16. The highest BCUT2D eigenvalue weighted by Gasteiger charge is 2.28. The lowest BCUT2D eigenvalue weighted by molar-refractivity contribution is -0.126. The van der Waals surface area contributed by atoms with Gasteiger partial charge in [-0.1, -0.05) is 29.8 Å². The van der Waals surface area contributed by atoms with Crippen LogP contribution in [-0.4, -0.2) is 34.8 Å². The normalized spacial score (nSPS) is 15.2. The topological polar surface area (TPSA) is 65.2 Å². The molecule has 1 aliphatic rings. The first-order valence-corrected chi connectivity index (χ1v) is 10.2. The van der Waals surface area contributed by atoms with Crippen LogP contribution in [0.4, 0.5) is 0 Å². The van der Waals surface area contributed by atoms with Crippen molar-refractivity contribution < 1.29 is 9.59 Å². The van der Waals surface area contributed by atoms with Gasteiger partial charge < -0.3 is 15.2 Å². The number of H-pyrrole nitrogens is 1. The molecule has 27 heavy (non-hydrogen) atoms. The summed E-state index contributed by atoms with van der Waals surface area (Å²) in [5, 5.41) is 6.13. The Morgan fingerprint density at radius 3 is 2.78 bits per heavy atom. The number of piperidine rings is 1. The summed E-state index contributed by atoms with van der Waals surface area (Å²) in [6.45, 7) is 3.84. The maximum absolute atomic E-state index is 12.7. The van der Waals surface area contributed by atoms with Crippen LogP contribution in [0, 0.1) is 12.8 Å². The van der Waals surface area contributed by atoms with Crippen molar-refractivity contribution in [2.45, 2.75) is 26.3 Å². The van der Waals surface area contributed by atoms with Crippen LogP contribution in [0.2, 0.25) is 0 Å². The highest BCUT2D eigenvalue weighted by atomic mass is 32.1. The van der Waals surface area contributed by atoms with Crippen molar-refractivity contribution in [2.24, 2.45) is 5.92 Å². The summed E-state index contributed by atoms with van der Waals surface area (Å²) < 4.78 is 0. The SMILES string of the molecule is Cc1cccc(CNC(=O)C2CCN(C(=O)c3cc4ccsc4[nH]3)CC2)c1. The smallest absolute Gasteiger partial charge is 0.270 e. The Hall–Kier alpha value is -2.60. The Morgan fingerprint density at radius 2 is 2.04 bits per heavy atom. The Bertz CT molecular complexity index is 938. The second-order valence-electron chi connectivity index (χ2n) is 7.16. The Morgan fingerprint density at radius 1 is 1.22 bits per heavy atom. The molecule has 0 spiro atoms. The third-order valence-electron chi connectivity index (χ3n) is 5.18. The molecule has 0 atom stereocenters. The molecule has 0 unspecified atom stereocenters. The van der Waals surface area contributed by atoms with Gasteiger partial charge in [0.1, 0.15) is 10.5 Å². The molecule has 2 amide bonds. The molecule has 0 radical (unpaired) electrons. The van der Waals surface area contributed by atoms with Crippen LogP contribution >= 0.6 is 11.3 Å². The largest absolute Gasteiger partial charge is 0.352 e. The lowest BCUT2D eigenvalue weighted by atomic mass is 9.95. The third-order valence-corrected chi connectivity index (χ3v) is 6.02. The monoisotopic (exact) mass is 381 g/mol. The lowest BCUT2D eigenvalue weighted by Gasteiger charge is -2.31. The molecule has 0 saturated carbocycles. The van der Waals surface area contributed by atoms with Crippen molar-refractivity contribution >= 4 is 33.4 Å². The van der Waals surface area contributed by atoms with Gasteiger partial charge in [-0.2, -0.15) is 0 Å². The molecule has 6 heteroatoms. The van der Waals surface area contributed by atoms with Crippen molar-refractivity contribution in [1.29, 1.82) is 0 Å². The molecule has 5 nitrogen and oxygen atoms in total. The summed E-state index contributed by atoms with van der Waals surface area (Å²) in [5.41, 5.74) is 2.94. The van der Waals surface area contributed by atoms with E-state index >= 15 is 0 Å². The zero-order chi connectivity index (χ0) is 18.8. The van der Waals surface area contributed by atoms with Crippen LogP contribution in [-0.2, 0) is 11.3 Å². The van der Waals surface area contributed by atoms with Gasteiger partial charge in [0.2, 0.25) is 5.91 Å². The minimum atomic E-state index is -0.0222. The van der Waals surface area contributed by atoms with E-state index in [-0.39, 0.29) is 17.7 Å². The van der Waals surface area contributed by atoms with Crippen molar-refractivity contribution in [1.82, 2.24) is 15.2 Å². The third kappa shape index (κ3) is 3.90. The molecule has 1 aliphatic heterocycles. The molecule has 140 valence electrons. The molecule has 2 aromatic heterocycles. The number of benzene rings is 1. The van der Waals surface area contributed by atoms with Gasteiger partial charge in [0, 0.05) is 30.9 Å². The van der Waals surface area contributed by atoms with Crippen LogP contribution in [0.15, 0.2) is 41.8 Å². The quantitative estimate of drug-likeness (QED) is 0.724. The molecule has 3 aromatic rings. The minimum absolute atomic E-state index is 0.0222. The van der Waals surface area contributed by atoms with Crippen LogP contribution in [0.25, 0.3) is 10.2 Å². The molecule has 1 aromatic carbocycles. The number of hydrogen-bond donors (Lipinski definition) is 2. The number of aromatic amines is 1. The number of thiophene rings is 1. The van der Waals surface area contributed by atoms with Crippen LogP contribution < -0.4 is 5.32 Å². The van der Waals surface area contributed by atoms with E-state index in [1.165, 1.54) is 5.56 Å². The predicted octanol–water partition coefficient (Wildman–Crippen LogP) is 3.71. The number of amides is 2. The summed E-state index contributed by atoms with van der Waals surface area (Å²) in [5.74, 6) is 0.0898. The number of nitrogens with zero attached hydrogens (tertiary/aromatic N) is 1. The van der Waals surface area contributed by atoms with E-state index < -0.39 is 0 Å². The highest BCUT2D eigenvalue weighted by Crippen LogP contribution is 2.24. The molecule has 0 bridgehead atoms. The first kappa shape index (κ1) is 17.8. The number of fused-ring (bicyclic) bond motifs is 1. The van der Waals surface area contributed by atoms with Crippen LogP contribution in [0.3, 0.4) is 0 Å². The standard InChI is InChI=1S/C21H23N3O2S/c1-14-3-2-4-15(11-14)13-22-19(25)16-5-8-24(9-6-16)21(26)18-12-17-7-10-27-20(17)23-18/h2-4,7,10-12,16,23H,5-6,8-9,13H2,1H3,(H,22,25). The lowest BCUT2D eigenvalue weighted by Crippen LogP contribution is -2.43. The molecular weight excluding hydrogens is 358 g/mol. The molecule has 2 N–H and O–H groups in total. The Balaban J connectivity index is 1.29. The number of hydrogen-bond acceptors (Lipinski definition) is 3. The fraction of sp³-hybridized carbons (Fsp3) is 0.333. The van der Waals surface area contributed by atoms with Gasteiger partial charge in [0.15, 0.2) is 0 Å². The summed E-state index contributed by atoms with van der Waals surface area (Å²) in [4.78, 5) is 31.2. The number of aromatic nitrogens is 1. The van der Waals surface area contributed by atoms with E-state index in [0.717, 1.165) is 15.8 Å². The summed E-state index contributed by atoms with van der Waals surface area (Å²) in [7, 11) is 0. The Kier molecular flexibility index (Phi) is 4.99. The van der Waals surface area contributed by atoms with Crippen molar-refractivity contribution in [2.75, 3.05) is 13.1 Å². The molecule has 3 heterocycles. The van der Waals surface area contributed by atoms with Gasteiger partial charge in [-0.05, 0) is 42.8 Å². The van der Waals surface area contributed by atoms with E-state index in [2.05, 4.69) is 16.4 Å². The predicted molar refractivity (Wildman–Crippen MR) is 108 cm³/mol. The summed E-state index contributed by atoms with van der Waals surface area (Å²) in [6.07, 6.45) is 1.42. The number of carbonyl (C=O) groups is 2. The van der Waals surface area contributed by atoms with Gasteiger partial charge in [-0.25, -0.2) is 0 Å². The maximum Gasteiger partial charge on any atom is 0.270 e. The zero-order valence-corrected chi connectivity index (χ0v) is 16.1. The minimum Gasteiger partial charge on any atom is -0.352 e. The Labute approximate surface area is 162 Å². The van der Waals surface area contributed by atoms with E-state index in [4.69, 9.17) is 0 Å². The van der Waals surface area contributed by atoms with E-state index in [1.807, 2.05) is 47.5 Å². The maximum atomic E-state index is 12.7. The van der Waals surface area contributed by atoms with Crippen molar-refractivity contribution in [3.05, 3.63) is 58.6 Å². The number of carbonyl (C=O) groups excluding carboxylic acids is 2. The number of rotatable bonds is 4. The number of aryl methyl sites for hydroxylation is 1. The number of likely N-dealkylation sites (tertiary alicyclic amines) is 1. The average Bonchev–Trinajstić information content (AvgIpc) is 3.28. The molecule has 4 rings (SSSR count). The molecule has 0 aliphatic carbocycles.